The minimum atomic E-state index is -3.88. The van der Waals surface area contributed by atoms with Crippen molar-refractivity contribution < 1.29 is 21.2 Å². The topological polar surface area (TPSA) is 80.3 Å². The van der Waals surface area contributed by atoms with E-state index in [0.29, 0.717) is 6.54 Å². The smallest absolute Gasteiger partial charge is 0.183 e. The van der Waals surface area contributed by atoms with E-state index in [1.165, 1.54) is 37.5 Å². The normalized spacial score (nSPS) is 25.3. The predicted molar refractivity (Wildman–Crippen MR) is 104 cm³/mol. The maximum absolute atomic E-state index is 13.5. The Morgan fingerprint density at radius 2 is 2.00 bits per heavy atom. The molecular weight excluding hydrogens is 389 g/mol. The van der Waals surface area contributed by atoms with E-state index in [2.05, 4.69) is 11.4 Å². The van der Waals surface area contributed by atoms with Gasteiger partial charge in [0.05, 0.1) is 21.7 Å². The van der Waals surface area contributed by atoms with Crippen LogP contribution in [0.1, 0.15) is 37.7 Å². The molecule has 2 aliphatic rings. The Morgan fingerprint density at radius 1 is 1.22 bits per heavy atom. The van der Waals surface area contributed by atoms with E-state index in [1.807, 2.05) is 0 Å². The number of halogens is 1. The van der Waals surface area contributed by atoms with Crippen molar-refractivity contribution in [3.8, 4) is 0 Å². The molecule has 27 heavy (non-hydrogen) atoms. The summed E-state index contributed by atoms with van der Waals surface area (Å²) in [4.78, 5) is -0.0229. The minimum Gasteiger partial charge on any atom is -0.311 e. The van der Waals surface area contributed by atoms with Crippen molar-refractivity contribution >= 4 is 19.7 Å². The van der Waals surface area contributed by atoms with Crippen LogP contribution < -0.4 is 5.32 Å². The van der Waals surface area contributed by atoms with Crippen LogP contribution >= 0.6 is 0 Å². The Hall–Kier alpha value is -1.25. The van der Waals surface area contributed by atoms with Crippen LogP contribution in [0.2, 0.25) is 0 Å². The zero-order valence-corrected chi connectivity index (χ0v) is 17.1. The number of allylic oxidation sites excluding steroid dienone is 1. The number of rotatable bonds is 6. The van der Waals surface area contributed by atoms with E-state index < -0.39 is 42.5 Å². The summed E-state index contributed by atoms with van der Waals surface area (Å²) >= 11 is 0. The molecule has 2 unspecified atom stereocenters. The third-order valence-electron chi connectivity index (χ3n) is 5.39. The molecule has 0 radical (unpaired) electrons. The van der Waals surface area contributed by atoms with Gasteiger partial charge in [-0.2, -0.15) is 0 Å². The highest BCUT2D eigenvalue weighted by atomic mass is 32.2. The lowest BCUT2D eigenvalue weighted by Gasteiger charge is -2.21. The maximum atomic E-state index is 13.5. The fraction of sp³-hybridized carbons (Fsp3) is 0.579. The summed E-state index contributed by atoms with van der Waals surface area (Å²) in [6.07, 6.45) is 7.54. The van der Waals surface area contributed by atoms with Crippen molar-refractivity contribution in [2.75, 3.05) is 18.1 Å². The Kier molecular flexibility index (Phi) is 6.08. The second-order valence-corrected chi connectivity index (χ2v) is 11.8. The Balaban J connectivity index is 1.76. The first kappa shape index (κ1) is 20.5. The monoisotopic (exact) mass is 415 g/mol. The highest BCUT2D eigenvalue weighted by molar-refractivity contribution is 7.96. The van der Waals surface area contributed by atoms with Gasteiger partial charge in [0.1, 0.15) is 5.82 Å². The summed E-state index contributed by atoms with van der Waals surface area (Å²) in [7, 11) is -7.32. The lowest BCUT2D eigenvalue weighted by Crippen LogP contribution is -2.43. The zero-order valence-electron chi connectivity index (χ0n) is 15.4. The molecule has 0 spiro atoms. The van der Waals surface area contributed by atoms with Crippen LogP contribution in [0.4, 0.5) is 4.39 Å². The molecule has 1 aromatic rings. The molecule has 1 N–H and O–H groups in total. The third-order valence-corrected chi connectivity index (χ3v) is 9.54. The molecule has 150 valence electrons. The average molecular weight is 416 g/mol. The molecule has 1 heterocycles. The van der Waals surface area contributed by atoms with Gasteiger partial charge < -0.3 is 5.32 Å². The van der Waals surface area contributed by atoms with Crippen LogP contribution in [-0.2, 0) is 19.7 Å². The maximum Gasteiger partial charge on any atom is 0.183 e. The first-order valence-electron chi connectivity index (χ1n) is 9.31. The van der Waals surface area contributed by atoms with Gasteiger partial charge in [0.25, 0.3) is 0 Å². The van der Waals surface area contributed by atoms with Crippen LogP contribution in [-0.4, -0.2) is 46.2 Å². The fourth-order valence-corrected chi connectivity index (χ4v) is 8.63. The predicted octanol–water partition coefficient (Wildman–Crippen LogP) is 2.55. The molecule has 1 aromatic carbocycles. The van der Waals surface area contributed by atoms with Gasteiger partial charge in [0.2, 0.25) is 0 Å². The Labute approximate surface area is 160 Å². The molecule has 0 saturated carbocycles. The Bertz CT molecular complexity index is 938. The third kappa shape index (κ3) is 4.78. The molecule has 1 aliphatic carbocycles. The van der Waals surface area contributed by atoms with E-state index in [9.17, 15) is 21.2 Å². The van der Waals surface area contributed by atoms with E-state index in [-0.39, 0.29) is 16.2 Å². The lowest BCUT2D eigenvalue weighted by molar-refractivity contribution is 0.523. The molecule has 0 bridgehead atoms. The van der Waals surface area contributed by atoms with Crippen molar-refractivity contribution in [3.63, 3.8) is 0 Å². The van der Waals surface area contributed by atoms with Crippen molar-refractivity contribution in [1.29, 1.82) is 0 Å². The van der Waals surface area contributed by atoms with Crippen LogP contribution in [0.25, 0.3) is 0 Å². The van der Waals surface area contributed by atoms with Crippen molar-refractivity contribution in [2.45, 2.75) is 55.2 Å². The summed E-state index contributed by atoms with van der Waals surface area (Å²) in [5, 5.41) is 2.11. The van der Waals surface area contributed by atoms with Gasteiger partial charge >= 0.3 is 0 Å². The largest absolute Gasteiger partial charge is 0.311 e. The van der Waals surface area contributed by atoms with Crippen LogP contribution in [0.3, 0.4) is 0 Å². The van der Waals surface area contributed by atoms with E-state index in [0.717, 1.165) is 25.3 Å². The summed E-state index contributed by atoms with van der Waals surface area (Å²) in [5.74, 6) is -1.06. The molecule has 5 nitrogen and oxygen atoms in total. The Morgan fingerprint density at radius 3 is 2.67 bits per heavy atom. The number of aryl methyl sites for hydroxylation is 1. The number of benzene rings is 1. The van der Waals surface area contributed by atoms with Gasteiger partial charge in [-0.05, 0) is 69.3 Å². The number of sulfone groups is 2. The van der Waals surface area contributed by atoms with Crippen molar-refractivity contribution in [3.05, 3.63) is 41.2 Å². The first-order valence-corrected chi connectivity index (χ1v) is 12.7. The van der Waals surface area contributed by atoms with Gasteiger partial charge in [-0.25, -0.2) is 21.2 Å². The van der Waals surface area contributed by atoms with E-state index in [4.69, 9.17) is 0 Å². The molecular formula is C19H26FNO4S2. The highest BCUT2D eigenvalue weighted by Crippen LogP contribution is 2.27. The van der Waals surface area contributed by atoms with Crippen LogP contribution in [0.15, 0.2) is 34.7 Å². The minimum absolute atomic E-state index is 0.0229. The van der Waals surface area contributed by atoms with Gasteiger partial charge in [0, 0.05) is 6.04 Å². The van der Waals surface area contributed by atoms with E-state index in [1.54, 1.807) is 0 Å². The van der Waals surface area contributed by atoms with Gasteiger partial charge in [-0.15, -0.1) is 0 Å². The second-order valence-electron chi connectivity index (χ2n) is 7.49. The zero-order chi connectivity index (χ0) is 19.7. The second kappa shape index (κ2) is 8.01. The summed E-state index contributed by atoms with van der Waals surface area (Å²) in [5.41, 5.74) is 1.58. The first-order chi connectivity index (χ1) is 12.7. The number of nitrogens with one attached hydrogen (secondary N) is 1. The standard InChI is InChI=1S/C19H26FNO4S2/c1-14-11-16(7-8-17(14)20)27(24,25)19-13-26(22,23)12-18(19)21-10-9-15-5-3-2-4-6-15/h5,7-8,11,18-19,21H,2-4,6,9-10,12-13H2,1H3. The van der Waals surface area contributed by atoms with Crippen LogP contribution in [0, 0.1) is 12.7 Å². The summed E-state index contributed by atoms with van der Waals surface area (Å²) < 4.78 is 63.8. The summed E-state index contributed by atoms with van der Waals surface area (Å²) in [6.45, 7) is 2.05. The van der Waals surface area contributed by atoms with Gasteiger partial charge in [0.15, 0.2) is 19.7 Å². The highest BCUT2D eigenvalue weighted by Gasteiger charge is 2.45. The van der Waals surface area contributed by atoms with Gasteiger partial charge in [-0.1, -0.05) is 11.6 Å². The number of hydrogen-bond acceptors (Lipinski definition) is 5. The molecule has 0 amide bonds. The molecule has 8 heteroatoms. The average Bonchev–Trinajstić information content (AvgIpc) is 2.93. The fourth-order valence-electron chi connectivity index (χ4n) is 3.83. The number of hydrogen-bond donors (Lipinski definition) is 1. The quantitative estimate of drug-likeness (QED) is 0.571. The molecule has 1 aliphatic heterocycles. The summed E-state index contributed by atoms with van der Waals surface area (Å²) in [6, 6.07) is 2.96. The molecule has 3 rings (SSSR count). The van der Waals surface area contributed by atoms with E-state index >= 15 is 0 Å². The van der Waals surface area contributed by atoms with Crippen molar-refractivity contribution in [1.82, 2.24) is 5.32 Å². The molecule has 0 aromatic heterocycles. The lowest BCUT2D eigenvalue weighted by atomic mass is 9.97. The van der Waals surface area contributed by atoms with Gasteiger partial charge in [-0.3, -0.25) is 0 Å². The molecule has 2 atom stereocenters. The van der Waals surface area contributed by atoms with Crippen LogP contribution in [0.5, 0.6) is 0 Å². The molecule has 1 fully saturated rings. The molecule has 1 saturated heterocycles. The SMILES string of the molecule is Cc1cc(S(=O)(=O)C2CS(=O)(=O)CC2NCCC2=CCCCC2)ccc1F. The van der Waals surface area contributed by atoms with Crippen molar-refractivity contribution in [2.24, 2.45) is 0 Å².